The number of fused-ring (bicyclic) bond motifs is 1. The largest absolute Gasteiger partial charge is 0.600 e. The van der Waals surface area contributed by atoms with Gasteiger partial charge >= 0.3 is 5.51 Å². The Hall–Kier alpha value is -0.740. The summed E-state index contributed by atoms with van der Waals surface area (Å²) in [5, 5.41) is 0.715. The van der Waals surface area contributed by atoms with E-state index in [0.29, 0.717) is 15.0 Å². The van der Waals surface area contributed by atoms with Crippen molar-refractivity contribution in [3.05, 3.63) is 35.2 Å². The van der Waals surface area contributed by atoms with E-state index in [0.717, 1.165) is 0 Å². The van der Waals surface area contributed by atoms with E-state index in [-0.39, 0.29) is 18.3 Å². The first kappa shape index (κ1) is 14.3. The van der Waals surface area contributed by atoms with Gasteiger partial charge in [0.15, 0.2) is 9.58 Å². The first-order chi connectivity index (χ1) is 7.41. The number of thiophene rings is 1. The fourth-order valence-corrected chi connectivity index (χ4v) is 3.85. The van der Waals surface area contributed by atoms with Crippen molar-refractivity contribution in [3.63, 3.8) is 0 Å². The van der Waals surface area contributed by atoms with E-state index < -0.39 is 16.0 Å². The van der Waals surface area contributed by atoms with Gasteiger partial charge in [-0.2, -0.15) is 0 Å². The lowest BCUT2D eigenvalue weighted by Gasteiger charge is -2.01. The van der Waals surface area contributed by atoms with E-state index >= 15 is 0 Å². The highest BCUT2D eigenvalue weighted by Crippen LogP contribution is 2.52. The maximum atomic E-state index is 13.0. The van der Waals surface area contributed by atoms with Crippen LogP contribution in [0.4, 0.5) is 13.2 Å². The lowest BCUT2D eigenvalue weighted by Crippen LogP contribution is -1.99. The minimum atomic E-state index is -4.16. The quantitative estimate of drug-likeness (QED) is 0.596. The predicted molar refractivity (Wildman–Crippen MR) is 69.1 cm³/mol. The average Bonchev–Trinajstić information content (AvgIpc) is 2.55. The molecule has 1 atom stereocenters. The van der Waals surface area contributed by atoms with Gasteiger partial charge in [0.05, 0.1) is 10.5 Å². The second kappa shape index (κ2) is 4.86. The van der Waals surface area contributed by atoms with Crippen LogP contribution in [0.1, 0.15) is 24.6 Å². The van der Waals surface area contributed by atoms with Gasteiger partial charge in [-0.05, 0) is 12.1 Å². The van der Waals surface area contributed by atoms with E-state index in [1.54, 1.807) is 30.3 Å². The molecule has 0 nitrogen and oxygen atoms in total. The second-order valence-electron chi connectivity index (χ2n) is 3.99. The molecule has 1 heterocycles. The Morgan fingerprint density at radius 1 is 1.12 bits per heavy atom. The first-order valence-electron chi connectivity index (χ1n) is 5.03. The van der Waals surface area contributed by atoms with Crippen molar-refractivity contribution in [2.45, 2.75) is 25.3 Å². The number of hydrogen-bond acceptors (Lipinski definition) is 0. The fourth-order valence-electron chi connectivity index (χ4n) is 1.79. The molecule has 0 saturated heterocycles. The van der Waals surface area contributed by atoms with Crippen LogP contribution in [-0.4, -0.2) is 0 Å². The van der Waals surface area contributed by atoms with Gasteiger partial charge in [-0.25, -0.2) is 0 Å². The van der Waals surface area contributed by atoms with E-state index in [1.807, 2.05) is 13.8 Å². The second-order valence-corrected chi connectivity index (χ2v) is 5.98. The smallest absolute Gasteiger partial charge is 0.147 e. The van der Waals surface area contributed by atoms with Crippen LogP contribution >= 0.6 is 22.9 Å². The molecule has 1 unspecified atom stereocenters. The van der Waals surface area contributed by atoms with Crippen LogP contribution in [0.25, 0.3) is 10.1 Å². The number of rotatable bonds is 1. The lowest BCUT2D eigenvalue weighted by atomic mass is 10.1. The minimum Gasteiger partial charge on any atom is -0.147 e. The molecular formula is C12H13ClF3S+. The van der Waals surface area contributed by atoms with Gasteiger partial charge in [0.1, 0.15) is 0 Å². The molecule has 1 aromatic carbocycles. The highest BCUT2D eigenvalue weighted by Gasteiger charge is 2.48. The van der Waals surface area contributed by atoms with Crippen LogP contribution in [0, 0.1) is 0 Å². The maximum Gasteiger partial charge on any atom is 0.600 e. The van der Waals surface area contributed by atoms with Gasteiger partial charge < -0.3 is 0 Å². The van der Waals surface area contributed by atoms with Crippen molar-refractivity contribution >= 4 is 33.0 Å². The molecule has 0 amide bonds. The van der Waals surface area contributed by atoms with Crippen molar-refractivity contribution in [1.82, 2.24) is 0 Å². The molecule has 0 N–H and O–H groups in total. The summed E-state index contributed by atoms with van der Waals surface area (Å²) in [6, 6.07) is 8.46. The Morgan fingerprint density at radius 2 is 1.71 bits per heavy atom. The van der Waals surface area contributed by atoms with Crippen molar-refractivity contribution in [3.8, 4) is 0 Å². The number of halogens is 4. The third kappa shape index (κ3) is 2.58. The van der Waals surface area contributed by atoms with Gasteiger partial charge in [-0.15, -0.1) is 25.6 Å². The Kier molecular flexibility index (Phi) is 4.10. The molecule has 0 spiro atoms. The van der Waals surface area contributed by atoms with E-state index in [2.05, 4.69) is 0 Å². The molecule has 0 aliphatic rings. The Bertz CT molecular complexity index is 514. The summed E-state index contributed by atoms with van der Waals surface area (Å²) in [7, 11) is -1.73. The summed E-state index contributed by atoms with van der Waals surface area (Å²) < 4.78 is 39.5. The maximum absolute atomic E-state index is 13.0. The van der Waals surface area contributed by atoms with Crippen LogP contribution in [0.2, 0.25) is 0 Å². The summed E-state index contributed by atoms with van der Waals surface area (Å²) in [5.74, 6) is -0.0719. The Balaban J connectivity index is 0.00000144. The molecule has 0 bridgehead atoms. The molecule has 2 rings (SSSR count). The van der Waals surface area contributed by atoms with Gasteiger partial charge in [-0.3, -0.25) is 0 Å². The van der Waals surface area contributed by atoms with E-state index in [9.17, 15) is 13.2 Å². The normalized spacial score (nSPS) is 12.9. The van der Waals surface area contributed by atoms with Gasteiger partial charge in [-0.1, -0.05) is 26.0 Å². The molecule has 0 radical (unpaired) electrons. The summed E-state index contributed by atoms with van der Waals surface area (Å²) in [6.45, 7) is 3.62. The van der Waals surface area contributed by atoms with Gasteiger partial charge in [0.25, 0.3) is 0 Å². The van der Waals surface area contributed by atoms with Crippen molar-refractivity contribution in [2.24, 2.45) is 0 Å². The van der Waals surface area contributed by atoms with Gasteiger partial charge in [0.2, 0.25) is 0 Å². The topological polar surface area (TPSA) is 0 Å². The van der Waals surface area contributed by atoms with Crippen molar-refractivity contribution < 1.29 is 13.2 Å². The van der Waals surface area contributed by atoms with Crippen LogP contribution < -0.4 is 0 Å². The summed E-state index contributed by atoms with van der Waals surface area (Å²) in [4.78, 5) is 0.494. The zero-order chi connectivity index (χ0) is 11.9. The highest BCUT2D eigenvalue weighted by atomic mass is 35.5. The lowest BCUT2D eigenvalue weighted by molar-refractivity contribution is -0.0868. The molecule has 94 valence electrons. The highest BCUT2D eigenvalue weighted by molar-refractivity contribution is 7.38. The average molecular weight is 282 g/mol. The molecular weight excluding hydrogens is 269 g/mol. The third-order valence-corrected chi connectivity index (χ3v) is 4.81. The number of benzene rings is 1. The zero-order valence-corrected chi connectivity index (χ0v) is 11.0. The van der Waals surface area contributed by atoms with E-state index in [1.165, 1.54) is 0 Å². The Morgan fingerprint density at radius 3 is 2.24 bits per heavy atom. The minimum absolute atomic E-state index is 0. The monoisotopic (exact) mass is 281 g/mol. The van der Waals surface area contributed by atoms with Crippen molar-refractivity contribution in [1.29, 1.82) is 0 Å². The zero-order valence-electron chi connectivity index (χ0n) is 9.41. The van der Waals surface area contributed by atoms with Crippen LogP contribution in [0.15, 0.2) is 30.3 Å². The predicted octanol–water partition coefficient (Wildman–Crippen LogP) is 5.61. The first-order valence-corrected chi connectivity index (χ1v) is 6.25. The standard InChI is InChI=1S/C12H12F3S.ClH/c1-8(2)11-7-9-5-3-4-6-10(9)16(11)12(13,14)15;/h3-8H,1-2H3;1H/q+1;. The summed E-state index contributed by atoms with van der Waals surface area (Å²) >= 11 is 0. The molecule has 0 saturated carbocycles. The van der Waals surface area contributed by atoms with Crippen LogP contribution in [-0.2, 0) is 5.51 Å². The molecule has 2 aromatic rings. The SMILES string of the molecule is CC(C)c1cc2ccccc2[s+]1C(F)(F)F.Cl. The third-order valence-electron chi connectivity index (χ3n) is 2.47. The fraction of sp³-hybridized carbons (Fsp3) is 0.333. The van der Waals surface area contributed by atoms with E-state index in [4.69, 9.17) is 0 Å². The van der Waals surface area contributed by atoms with Gasteiger partial charge in [0, 0.05) is 17.4 Å². The Labute approximate surface area is 107 Å². The van der Waals surface area contributed by atoms with Crippen LogP contribution in [0.3, 0.4) is 0 Å². The molecule has 1 aromatic heterocycles. The molecule has 0 aliphatic carbocycles. The van der Waals surface area contributed by atoms with Crippen LogP contribution in [0.5, 0.6) is 0 Å². The van der Waals surface area contributed by atoms with Crippen molar-refractivity contribution in [2.75, 3.05) is 0 Å². The summed E-state index contributed by atoms with van der Waals surface area (Å²) in [5.41, 5.74) is -4.16. The summed E-state index contributed by atoms with van der Waals surface area (Å²) in [6.07, 6.45) is 0. The molecule has 17 heavy (non-hydrogen) atoms. The molecule has 5 heteroatoms. The number of alkyl halides is 3. The molecule has 0 fully saturated rings. The molecule has 0 aliphatic heterocycles. The number of hydrogen-bond donors (Lipinski definition) is 0.